The molecule has 3 aromatic heterocycles. The normalized spacial score (nSPS) is 17.1. The summed E-state index contributed by atoms with van der Waals surface area (Å²) in [6, 6.07) is 9.95. The zero-order valence-electron chi connectivity index (χ0n) is 28.6. The van der Waals surface area contributed by atoms with Crippen molar-refractivity contribution in [1.82, 2.24) is 24.6 Å². The van der Waals surface area contributed by atoms with Gasteiger partial charge >= 0.3 is 6.09 Å². The van der Waals surface area contributed by atoms with Crippen molar-refractivity contribution in [2.75, 3.05) is 11.9 Å². The van der Waals surface area contributed by atoms with E-state index in [0.717, 1.165) is 6.42 Å². The van der Waals surface area contributed by atoms with E-state index >= 15 is 0 Å². The number of pyridine rings is 3. The van der Waals surface area contributed by atoms with Gasteiger partial charge in [0.1, 0.15) is 11.4 Å². The van der Waals surface area contributed by atoms with Crippen LogP contribution in [0, 0.1) is 11.9 Å². The van der Waals surface area contributed by atoms with Crippen LogP contribution in [0.4, 0.5) is 15.0 Å². The summed E-state index contributed by atoms with van der Waals surface area (Å²) in [4.78, 5) is 40.1. The fourth-order valence-corrected chi connectivity index (χ4v) is 6.70. The predicted molar refractivity (Wildman–Crippen MR) is 182 cm³/mol. The van der Waals surface area contributed by atoms with Gasteiger partial charge in [-0.2, -0.15) is 12.8 Å². The number of likely N-dealkylation sites (tertiary alicyclic amines) is 1. The summed E-state index contributed by atoms with van der Waals surface area (Å²) < 4.78 is 48.7. The topological polar surface area (TPSA) is 143 Å². The molecule has 0 saturated carbocycles. The van der Waals surface area contributed by atoms with Gasteiger partial charge in [0.25, 0.3) is 15.9 Å². The van der Waals surface area contributed by atoms with Crippen molar-refractivity contribution in [2.24, 2.45) is 5.92 Å². The molecule has 0 bridgehead atoms. The SMILES string of the molecule is CC(C)(C)OC(=O)N1C[C@@H](CCC(Nc2cccc(S(=O)(=O)NC(=O)c3ccc(C(C)(C)C)nc3F)n2)c2cc(Cl)ccn2)CC1(C)C. The van der Waals surface area contributed by atoms with Gasteiger partial charge in [0.15, 0.2) is 5.03 Å². The Bertz CT molecular complexity index is 1770. The Hall–Kier alpha value is -3.84. The minimum absolute atomic E-state index is 0.165. The number of hydrogen-bond donors (Lipinski definition) is 2. The minimum Gasteiger partial charge on any atom is -0.444 e. The molecular weight excluding hydrogens is 659 g/mol. The molecule has 260 valence electrons. The molecule has 2 amide bonds. The molecule has 11 nitrogen and oxygen atoms in total. The number of halogens is 2. The number of carbonyl (C=O) groups is 2. The Labute approximate surface area is 287 Å². The summed E-state index contributed by atoms with van der Waals surface area (Å²) in [6.45, 7) is 15.6. The predicted octanol–water partition coefficient (Wildman–Crippen LogP) is 7.05. The molecule has 4 rings (SSSR count). The number of nitrogens with one attached hydrogen (secondary N) is 2. The Kier molecular flexibility index (Phi) is 10.7. The summed E-state index contributed by atoms with van der Waals surface area (Å²) in [5.74, 6) is -1.86. The van der Waals surface area contributed by atoms with Crippen molar-refractivity contribution in [1.29, 1.82) is 0 Å². The van der Waals surface area contributed by atoms with E-state index < -0.39 is 55.1 Å². The number of nitrogens with zero attached hydrogens (tertiary/aromatic N) is 4. The zero-order chi connectivity index (χ0) is 35.7. The van der Waals surface area contributed by atoms with Gasteiger partial charge in [0.05, 0.1) is 17.3 Å². The average molecular weight is 703 g/mol. The molecule has 1 saturated heterocycles. The van der Waals surface area contributed by atoms with E-state index in [1.54, 1.807) is 29.3 Å². The van der Waals surface area contributed by atoms with E-state index in [1.165, 1.54) is 24.3 Å². The summed E-state index contributed by atoms with van der Waals surface area (Å²) in [7, 11) is -4.49. The second-order valence-electron chi connectivity index (χ2n) is 14.7. The highest BCUT2D eigenvalue weighted by molar-refractivity contribution is 7.90. The fourth-order valence-electron chi connectivity index (χ4n) is 5.60. The number of rotatable bonds is 9. The van der Waals surface area contributed by atoms with Gasteiger partial charge in [0, 0.05) is 34.4 Å². The van der Waals surface area contributed by atoms with Gasteiger partial charge in [-0.15, -0.1) is 0 Å². The first-order valence-electron chi connectivity index (χ1n) is 15.7. The summed E-state index contributed by atoms with van der Waals surface area (Å²) in [6.07, 6.45) is 3.26. The van der Waals surface area contributed by atoms with Crippen LogP contribution in [0.15, 0.2) is 53.7 Å². The molecule has 0 radical (unpaired) electrons. The number of sulfonamides is 1. The molecule has 48 heavy (non-hydrogen) atoms. The monoisotopic (exact) mass is 702 g/mol. The third-order valence-electron chi connectivity index (χ3n) is 7.95. The van der Waals surface area contributed by atoms with Crippen molar-refractivity contribution in [3.63, 3.8) is 0 Å². The lowest BCUT2D eigenvalue weighted by atomic mass is 9.91. The Balaban J connectivity index is 1.51. The van der Waals surface area contributed by atoms with Crippen LogP contribution in [0.25, 0.3) is 0 Å². The maximum absolute atomic E-state index is 14.7. The molecule has 2 atom stereocenters. The third-order valence-corrected chi connectivity index (χ3v) is 9.41. The fraction of sp³-hybridized carbons (Fsp3) is 0.500. The summed E-state index contributed by atoms with van der Waals surface area (Å²) in [5, 5.41) is 3.31. The molecule has 2 N–H and O–H groups in total. The van der Waals surface area contributed by atoms with Gasteiger partial charge in [-0.05, 0) is 96.2 Å². The first-order valence-corrected chi connectivity index (χ1v) is 17.6. The molecule has 0 spiro atoms. The second kappa shape index (κ2) is 13.9. The largest absolute Gasteiger partial charge is 0.444 e. The van der Waals surface area contributed by atoms with E-state index in [2.05, 4.69) is 20.3 Å². The standard InChI is InChI=1S/C34H44ClFN6O5S/c1-32(2,3)26-15-13-23(29(36)39-26)30(43)41-48(45,46)28-11-9-10-27(40-28)38-24(25-18-22(35)16-17-37-25)14-12-21-19-34(7,8)42(20-21)31(44)47-33(4,5)6/h9-11,13,15-18,21,24H,12,14,19-20H2,1-8H3,(H,38,40)(H,41,43)/t21-,24?/m0/s1. The highest BCUT2D eigenvalue weighted by atomic mass is 35.5. The number of carbonyl (C=O) groups excluding carboxylic acids is 2. The van der Waals surface area contributed by atoms with Crippen LogP contribution < -0.4 is 10.0 Å². The van der Waals surface area contributed by atoms with Gasteiger partial charge in [-0.3, -0.25) is 9.78 Å². The molecule has 0 aromatic carbocycles. The van der Waals surface area contributed by atoms with Crippen LogP contribution in [0.2, 0.25) is 5.02 Å². The number of hydrogen-bond acceptors (Lipinski definition) is 9. The Morgan fingerprint density at radius 3 is 2.44 bits per heavy atom. The third kappa shape index (κ3) is 9.40. The first kappa shape index (κ1) is 37.0. The maximum atomic E-state index is 14.7. The summed E-state index contributed by atoms with van der Waals surface area (Å²) >= 11 is 6.30. The van der Waals surface area contributed by atoms with Gasteiger partial charge in [-0.1, -0.05) is 38.4 Å². The van der Waals surface area contributed by atoms with Gasteiger partial charge in [-0.25, -0.2) is 19.5 Å². The molecular formula is C34H44ClFN6O5S. The van der Waals surface area contributed by atoms with Crippen molar-refractivity contribution in [2.45, 2.75) is 102 Å². The van der Waals surface area contributed by atoms with Crippen molar-refractivity contribution < 1.29 is 27.1 Å². The molecule has 4 heterocycles. The first-order chi connectivity index (χ1) is 22.1. The number of anilines is 1. The lowest BCUT2D eigenvalue weighted by molar-refractivity contribution is 0.0130. The lowest BCUT2D eigenvalue weighted by Crippen LogP contribution is -2.45. The van der Waals surface area contributed by atoms with Gasteiger partial charge < -0.3 is 15.0 Å². The molecule has 1 unspecified atom stereocenters. The molecule has 1 aliphatic heterocycles. The minimum atomic E-state index is -4.49. The number of aromatic nitrogens is 3. The van der Waals surface area contributed by atoms with Crippen LogP contribution in [0.1, 0.15) is 102 Å². The van der Waals surface area contributed by atoms with Crippen molar-refractivity contribution >= 4 is 39.4 Å². The van der Waals surface area contributed by atoms with Crippen LogP contribution in [0.3, 0.4) is 0 Å². The smallest absolute Gasteiger partial charge is 0.410 e. The van der Waals surface area contributed by atoms with Crippen LogP contribution in [-0.4, -0.2) is 58.0 Å². The van der Waals surface area contributed by atoms with E-state index in [0.29, 0.717) is 35.8 Å². The van der Waals surface area contributed by atoms with E-state index in [-0.39, 0.29) is 17.8 Å². The second-order valence-corrected chi connectivity index (χ2v) is 16.8. The van der Waals surface area contributed by atoms with Crippen LogP contribution in [-0.2, 0) is 20.2 Å². The van der Waals surface area contributed by atoms with E-state index in [4.69, 9.17) is 16.3 Å². The lowest BCUT2D eigenvalue weighted by Gasteiger charge is -2.33. The molecule has 0 aliphatic carbocycles. The molecule has 3 aromatic rings. The maximum Gasteiger partial charge on any atom is 0.410 e. The highest BCUT2D eigenvalue weighted by Gasteiger charge is 2.43. The molecule has 1 aliphatic rings. The Morgan fingerprint density at radius 1 is 1.10 bits per heavy atom. The van der Waals surface area contributed by atoms with E-state index in [1.807, 2.05) is 60.1 Å². The highest BCUT2D eigenvalue weighted by Crippen LogP contribution is 2.38. The van der Waals surface area contributed by atoms with Gasteiger partial charge in [0.2, 0.25) is 5.95 Å². The Morgan fingerprint density at radius 2 is 1.81 bits per heavy atom. The van der Waals surface area contributed by atoms with Crippen LogP contribution in [0.5, 0.6) is 0 Å². The summed E-state index contributed by atoms with van der Waals surface area (Å²) in [5.41, 5.74) is -0.942. The number of ether oxygens (including phenoxy) is 1. The zero-order valence-corrected chi connectivity index (χ0v) is 30.2. The van der Waals surface area contributed by atoms with Crippen LogP contribution >= 0.6 is 11.6 Å². The van der Waals surface area contributed by atoms with E-state index in [9.17, 15) is 22.4 Å². The van der Waals surface area contributed by atoms with Crippen molar-refractivity contribution in [3.8, 4) is 0 Å². The number of amides is 2. The van der Waals surface area contributed by atoms with Crippen molar-refractivity contribution in [3.05, 3.63) is 76.6 Å². The quantitative estimate of drug-likeness (QED) is 0.224. The molecule has 14 heteroatoms. The average Bonchev–Trinajstić information content (AvgIpc) is 3.27. The molecule has 1 fully saturated rings.